The molecule has 3 heteroatoms. The smallest absolute Gasteiger partial charge is 0.258 e. The summed E-state index contributed by atoms with van der Waals surface area (Å²) in [4.78, 5) is 12.5. The van der Waals surface area contributed by atoms with Gasteiger partial charge in [-0.3, -0.25) is 4.79 Å². The molecule has 1 N–H and O–H groups in total. The molecule has 140 valence electrons. The van der Waals surface area contributed by atoms with E-state index in [1.807, 2.05) is 31.2 Å². The van der Waals surface area contributed by atoms with Crippen LogP contribution in [0.4, 0.5) is 0 Å². The minimum atomic E-state index is -0.0873. The van der Waals surface area contributed by atoms with E-state index in [2.05, 4.69) is 57.3 Å². The molecular formula is C23H31NO2. The van der Waals surface area contributed by atoms with Gasteiger partial charge in [-0.2, -0.15) is 0 Å². The molecule has 0 spiro atoms. The lowest BCUT2D eigenvalue weighted by Crippen LogP contribution is -2.33. The average Bonchev–Trinajstić information content (AvgIpc) is 2.59. The minimum Gasteiger partial charge on any atom is -0.483 e. The molecule has 0 aromatic heterocycles. The topological polar surface area (TPSA) is 38.3 Å². The molecule has 1 amide bonds. The van der Waals surface area contributed by atoms with E-state index >= 15 is 0 Å². The zero-order chi connectivity index (χ0) is 19.1. The second-order valence-corrected chi connectivity index (χ2v) is 7.64. The van der Waals surface area contributed by atoms with Gasteiger partial charge in [0.1, 0.15) is 5.75 Å². The van der Waals surface area contributed by atoms with Crippen LogP contribution in [0.3, 0.4) is 0 Å². The van der Waals surface area contributed by atoms with Crippen molar-refractivity contribution in [1.82, 2.24) is 5.32 Å². The molecule has 0 saturated heterocycles. The number of rotatable bonds is 8. The number of amides is 1. The zero-order valence-electron chi connectivity index (χ0n) is 16.6. The Morgan fingerprint density at radius 3 is 2.35 bits per heavy atom. The van der Waals surface area contributed by atoms with Crippen LogP contribution in [0.25, 0.3) is 0 Å². The van der Waals surface area contributed by atoms with E-state index in [0.29, 0.717) is 11.8 Å². The molecule has 0 aliphatic heterocycles. The van der Waals surface area contributed by atoms with Crippen molar-refractivity contribution in [1.29, 1.82) is 0 Å². The Balaban J connectivity index is 2.04. The van der Waals surface area contributed by atoms with E-state index in [0.717, 1.165) is 28.9 Å². The third kappa shape index (κ3) is 5.91. The molecule has 0 heterocycles. The Hall–Kier alpha value is -2.29. The van der Waals surface area contributed by atoms with Crippen LogP contribution in [-0.2, 0) is 4.79 Å². The van der Waals surface area contributed by atoms with Crippen LogP contribution >= 0.6 is 0 Å². The summed E-state index contributed by atoms with van der Waals surface area (Å²) >= 11 is 0. The largest absolute Gasteiger partial charge is 0.483 e. The summed E-state index contributed by atoms with van der Waals surface area (Å²) in [7, 11) is 0. The monoisotopic (exact) mass is 353 g/mol. The van der Waals surface area contributed by atoms with Crippen molar-refractivity contribution in [2.24, 2.45) is 5.92 Å². The highest BCUT2D eigenvalue weighted by Gasteiger charge is 2.17. The molecule has 0 unspecified atom stereocenters. The number of ether oxygens (including phenoxy) is 1. The van der Waals surface area contributed by atoms with E-state index in [4.69, 9.17) is 4.74 Å². The molecule has 0 saturated carbocycles. The van der Waals surface area contributed by atoms with Crippen LogP contribution in [0, 0.1) is 12.8 Å². The minimum absolute atomic E-state index is 0.00868. The maximum atomic E-state index is 12.5. The van der Waals surface area contributed by atoms with Gasteiger partial charge in [-0.1, -0.05) is 70.2 Å². The quantitative estimate of drug-likeness (QED) is 0.690. The maximum Gasteiger partial charge on any atom is 0.258 e. The highest BCUT2D eigenvalue weighted by molar-refractivity contribution is 5.78. The van der Waals surface area contributed by atoms with Crippen molar-refractivity contribution in [2.75, 3.05) is 6.61 Å². The van der Waals surface area contributed by atoms with Crippen LogP contribution in [0.5, 0.6) is 5.75 Å². The Labute approximate surface area is 157 Å². The van der Waals surface area contributed by atoms with Crippen molar-refractivity contribution in [2.45, 2.75) is 53.0 Å². The average molecular weight is 354 g/mol. The highest BCUT2D eigenvalue weighted by Crippen LogP contribution is 2.27. The summed E-state index contributed by atoms with van der Waals surface area (Å²) in [6.07, 6.45) is 0.900. The molecule has 0 radical (unpaired) electrons. The van der Waals surface area contributed by atoms with Gasteiger partial charge < -0.3 is 10.1 Å². The second-order valence-electron chi connectivity index (χ2n) is 7.64. The predicted octanol–water partition coefficient (Wildman–Crippen LogP) is 5.40. The lowest BCUT2D eigenvalue weighted by molar-refractivity contribution is -0.124. The molecule has 1 atom stereocenters. The van der Waals surface area contributed by atoms with Crippen molar-refractivity contribution >= 4 is 5.91 Å². The fraction of sp³-hybridized carbons (Fsp3) is 0.435. The van der Waals surface area contributed by atoms with Gasteiger partial charge in [0.15, 0.2) is 6.61 Å². The van der Waals surface area contributed by atoms with Gasteiger partial charge in [0.2, 0.25) is 0 Å². The molecule has 0 aliphatic rings. The first-order valence-corrected chi connectivity index (χ1v) is 9.44. The van der Waals surface area contributed by atoms with Gasteiger partial charge in [-0.05, 0) is 47.9 Å². The normalized spacial score (nSPS) is 12.3. The van der Waals surface area contributed by atoms with Crippen LogP contribution in [0.1, 0.15) is 62.8 Å². The zero-order valence-corrected chi connectivity index (χ0v) is 16.6. The van der Waals surface area contributed by atoms with Crippen molar-refractivity contribution in [3.63, 3.8) is 0 Å². The SMILES string of the molecule is Cc1ccc(C(C)C)c(OCC(=O)N[C@@H](CC(C)C)c2ccccc2)c1. The first-order chi connectivity index (χ1) is 12.4. The number of hydrogen-bond donors (Lipinski definition) is 1. The molecule has 0 fully saturated rings. The summed E-state index contributed by atoms with van der Waals surface area (Å²) < 4.78 is 5.87. The van der Waals surface area contributed by atoms with Crippen LogP contribution in [0.2, 0.25) is 0 Å². The van der Waals surface area contributed by atoms with E-state index in [-0.39, 0.29) is 18.6 Å². The lowest BCUT2D eigenvalue weighted by Gasteiger charge is -2.22. The third-order valence-electron chi connectivity index (χ3n) is 4.39. The molecule has 3 nitrogen and oxygen atoms in total. The van der Waals surface area contributed by atoms with Gasteiger partial charge in [-0.15, -0.1) is 0 Å². The van der Waals surface area contributed by atoms with Crippen molar-refractivity contribution in [3.05, 3.63) is 65.2 Å². The summed E-state index contributed by atoms with van der Waals surface area (Å²) in [5, 5.41) is 3.13. The number of hydrogen-bond acceptors (Lipinski definition) is 2. The van der Waals surface area contributed by atoms with E-state index < -0.39 is 0 Å². The molecule has 2 rings (SSSR count). The van der Waals surface area contributed by atoms with Crippen molar-refractivity contribution < 1.29 is 9.53 Å². The van der Waals surface area contributed by atoms with Crippen LogP contribution in [-0.4, -0.2) is 12.5 Å². The first-order valence-electron chi connectivity index (χ1n) is 9.44. The third-order valence-corrected chi connectivity index (χ3v) is 4.39. The fourth-order valence-corrected chi connectivity index (χ4v) is 3.06. The number of benzene rings is 2. The molecule has 26 heavy (non-hydrogen) atoms. The predicted molar refractivity (Wildman–Crippen MR) is 108 cm³/mol. The highest BCUT2D eigenvalue weighted by atomic mass is 16.5. The molecule has 2 aromatic rings. The Bertz CT molecular complexity index is 707. The van der Waals surface area contributed by atoms with E-state index in [1.54, 1.807) is 0 Å². The molecule has 2 aromatic carbocycles. The number of aryl methyl sites for hydroxylation is 1. The van der Waals surface area contributed by atoms with E-state index in [9.17, 15) is 4.79 Å². The number of carbonyl (C=O) groups excluding carboxylic acids is 1. The number of nitrogens with one attached hydrogen (secondary N) is 1. The Morgan fingerprint density at radius 1 is 1.04 bits per heavy atom. The maximum absolute atomic E-state index is 12.5. The summed E-state index contributed by atoms with van der Waals surface area (Å²) in [6, 6.07) is 16.3. The summed E-state index contributed by atoms with van der Waals surface area (Å²) in [6.45, 7) is 10.7. The number of carbonyl (C=O) groups is 1. The van der Waals surface area contributed by atoms with E-state index in [1.165, 1.54) is 0 Å². The van der Waals surface area contributed by atoms with Gasteiger partial charge in [0.25, 0.3) is 5.91 Å². The summed E-state index contributed by atoms with van der Waals surface area (Å²) in [5.74, 6) is 1.56. The van der Waals surface area contributed by atoms with Crippen LogP contribution < -0.4 is 10.1 Å². The fourth-order valence-electron chi connectivity index (χ4n) is 3.06. The second kappa shape index (κ2) is 9.42. The van der Waals surface area contributed by atoms with Gasteiger partial charge in [0, 0.05) is 0 Å². The van der Waals surface area contributed by atoms with Gasteiger partial charge >= 0.3 is 0 Å². The van der Waals surface area contributed by atoms with Crippen LogP contribution in [0.15, 0.2) is 48.5 Å². The summed E-state index contributed by atoms with van der Waals surface area (Å²) in [5.41, 5.74) is 3.39. The first kappa shape index (κ1) is 20.0. The standard InChI is InChI=1S/C23H31NO2/c1-16(2)13-21(19-9-7-6-8-10-19)24-23(25)15-26-22-14-18(5)11-12-20(22)17(3)4/h6-12,14,16-17,21H,13,15H2,1-5H3,(H,24,25)/t21-/m0/s1. The van der Waals surface area contributed by atoms with Crippen molar-refractivity contribution in [3.8, 4) is 5.75 Å². The van der Waals surface area contributed by atoms with Gasteiger partial charge in [-0.25, -0.2) is 0 Å². The molecule has 0 bridgehead atoms. The lowest BCUT2D eigenvalue weighted by atomic mass is 9.97. The Morgan fingerprint density at radius 2 is 1.73 bits per heavy atom. The Kier molecular flexibility index (Phi) is 7.26. The molecular weight excluding hydrogens is 322 g/mol. The molecule has 0 aliphatic carbocycles. The van der Waals surface area contributed by atoms with Gasteiger partial charge in [0.05, 0.1) is 6.04 Å².